The molecule has 2 fully saturated rings. The van der Waals surface area contributed by atoms with Gasteiger partial charge in [0.05, 0.1) is 0 Å². The van der Waals surface area contributed by atoms with Crippen molar-refractivity contribution in [2.24, 2.45) is 4.99 Å². The van der Waals surface area contributed by atoms with Gasteiger partial charge in [0.25, 0.3) is 0 Å². The predicted molar refractivity (Wildman–Crippen MR) is 114 cm³/mol. The molecule has 1 atom stereocenters. The van der Waals surface area contributed by atoms with E-state index in [9.17, 15) is 4.79 Å². The van der Waals surface area contributed by atoms with Crippen LogP contribution in [0.1, 0.15) is 44.1 Å². The number of hydrogen-bond acceptors (Lipinski definition) is 3. The summed E-state index contributed by atoms with van der Waals surface area (Å²) in [6.45, 7) is 3.31. The molecule has 0 radical (unpaired) electrons. The Morgan fingerprint density at radius 2 is 1.75 bits per heavy atom. The highest BCUT2D eigenvalue weighted by molar-refractivity contribution is 5.85. The number of nitrogens with zero attached hydrogens (tertiary/aromatic N) is 3. The van der Waals surface area contributed by atoms with Crippen molar-refractivity contribution in [2.45, 2.75) is 57.2 Å². The second kappa shape index (κ2) is 10.5. The first-order chi connectivity index (χ1) is 13.6. The zero-order valence-corrected chi connectivity index (χ0v) is 17.4. The first-order valence-corrected chi connectivity index (χ1v) is 10.6. The van der Waals surface area contributed by atoms with Crippen molar-refractivity contribution >= 4 is 11.9 Å². The van der Waals surface area contributed by atoms with Crippen LogP contribution in [0.4, 0.5) is 0 Å². The zero-order chi connectivity index (χ0) is 19.8. The topological polar surface area (TPSA) is 60.0 Å². The fraction of sp³-hybridized carbons (Fsp3) is 0.636. The maximum atomic E-state index is 12.0. The van der Waals surface area contributed by atoms with Crippen LogP contribution >= 0.6 is 0 Å². The van der Waals surface area contributed by atoms with Gasteiger partial charge in [-0.05, 0) is 37.8 Å². The van der Waals surface area contributed by atoms with Gasteiger partial charge in [0, 0.05) is 39.3 Å². The van der Waals surface area contributed by atoms with Gasteiger partial charge in [0.15, 0.2) is 5.96 Å². The van der Waals surface area contributed by atoms with Crippen LogP contribution in [0.2, 0.25) is 0 Å². The molecule has 28 heavy (non-hydrogen) atoms. The van der Waals surface area contributed by atoms with Gasteiger partial charge in [-0.1, -0.05) is 43.2 Å². The maximum absolute atomic E-state index is 12.0. The van der Waals surface area contributed by atoms with Crippen LogP contribution in [0.25, 0.3) is 0 Å². The molecule has 1 unspecified atom stereocenters. The normalized spacial score (nSPS) is 21.5. The third-order valence-corrected chi connectivity index (χ3v) is 5.66. The maximum Gasteiger partial charge on any atom is 0.243 e. The second-order valence-electron chi connectivity index (χ2n) is 8.28. The van der Waals surface area contributed by atoms with E-state index in [1.807, 2.05) is 0 Å². The SMILES string of the molecule is CN(C)C(=O)CN=C(NC1CCCC1)NC1CCCN(Cc2ccccc2)C1. The van der Waals surface area contributed by atoms with Crippen molar-refractivity contribution in [3.8, 4) is 0 Å². The fourth-order valence-electron chi connectivity index (χ4n) is 4.04. The van der Waals surface area contributed by atoms with Gasteiger partial charge < -0.3 is 15.5 Å². The highest BCUT2D eigenvalue weighted by Gasteiger charge is 2.23. The summed E-state index contributed by atoms with van der Waals surface area (Å²) in [7, 11) is 3.55. The number of benzene rings is 1. The van der Waals surface area contributed by atoms with Crippen LogP contribution in [0, 0.1) is 0 Å². The average Bonchev–Trinajstić information content (AvgIpc) is 3.20. The van der Waals surface area contributed by atoms with Crippen molar-refractivity contribution in [1.82, 2.24) is 20.4 Å². The standard InChI is InChI=1S/C22H35N5O/c1-26(2)21(28)15-23-22(24-19-11-6-7-12-19)25-20-13-8-14-27(17-20)16-18-9-4-3-5-10-18/h3-5,9-10,19-20H,6-8,11-17H2,1-2H3,(H2,23,24,25). The Labute approximate surface area is 169 Å². The number of likely N-dealkylation sites (tertiary alicyclic amines) is 1. The molecule has 2 aliphatic rings. The van der Waals surface area contributed by atoms with Crippen LogP contribution in [0.3, 0.4) is 0 Å². The van der Waals surface area contributed by atoms with Gasteiger partial charge in [0.1, 0.15) is 6.54 Å². The molecule has 154 valence electrons. The lowest BCUT2D eigenvalue weighted by Gasteiger charge is -2.34. The fourth-order valence-corrected chi connectivity index (χ4v) is 4.04. The molecule has 2 N–H and O–H groups in total. The number of carbonyl (C=O) groups excluding carboxylic acids is 1. The number of carbonyl (C=O) groups is 1. The first kappa shape index (κ1) is 20.6. The number of piperidine rings is 1. The Balaban J connectivity index is 1.58. The summed E-state index contributed by atoms with van der Waals surface area (Å²) < 4.78 is 0. The molecule has 0 spiro atoms. The Morgan fingerprint density at radius 1 is 1.07 bits per heavy atom. The van der Waals surface area contributed by atoms with E-state index >= 15 is 0 Å². The van der Waals surface area contributed by atoms with Gasteiger partial charge in [-0.15, -0.1) is 0 Å². The van der Waals surface area contributed by atoms with Gasteiger partial charge in [-0.3, -0.25) is 9.69 Å². The lowest BCUT2D eigenvalue weighted by atomic mass is 10.0. The highest BCUT2D eigenvalue weighted by Crippen LogP contribution is 2.18. The van der Waals surface area contributed by atoms with Crippen molar-refractivity contribution in [3.05, 3.63) is 35.9 Å². The molecule has 1 saturated carbocycles. The monoisotopic (exact) mass is 385 g/mol. The smallest absolute Gasteiger partial charge is 0.243 e. The third-order valence-electron chi connectivity index (χ3n) is 5.66. The molecule has 0 aromatic heterocycles. The van der Waals surface area contributed by atoms with Crippen LogP contribution in [-0.2, 0) is 11.3 Å². The van der Waals surface area contributed by atoms with E-state index in [4.69, 9.17) is 0 Å². The average molecular weight is 386 g/mol. The Bertz CT molecular complexity index is 640. The Morgan fingerprint density at radius 3 is 2.46 bits per heavy atom. The Hall–Kier alpha value is -2.08. The quantitative estimate of drug-likeness (QED) is 0.582. The number of rotatable bonds is 6. The van der Waals surface area contributed by atoms with Gasteiger partial charge in [0.2, 0.25) is 5.91 Å². The van der Waals surface area contributed by atoms with Crippen LogP contribution in [0.15, 0.2) is 35.3 Å². The summed E-state index contributed by atoms with van der Waals surface area (Å²) in [6.07, 6.45) is 7.24. The molecule has 3 rings (SSSR count). The summed E-state index contributed by atoms with van der Waals surface area (Å²) in [5.41, 5.74) is 1.36. The van der Waals surface area contributed by atoms with Gasteiger partial charge in [-0.2, -0.15) is 0 Å². The van der Waals surface area contributed by atoms with E-state index in [1.165, 1.54) is 37.7 Å². The molecule has 1 saturated heterocycles. The minimum atomic E-state index is 0.0295. The van der Waals surface area contributed by atoms with Gasteiger partial charge >= 0.3 is 0 Å². The summed E-state index contributed by atoms with van der Waals surface area (Å²) >= 11 is 0. The number of nitrogens with one attached hydrogen (secondary N) is 2. The molecule has 0 bridgehead atoms. The number of amides is 1. The molecule has 1 amide bonds. The molecule has 1 aromatic carbocycles. The van der Waals surface area contributed by atoms with Crippen molar-refractivity contribution in [2.75, 3.05) is 33.7 Å². The van der Waals surface area contributed by atoms with Crippen molar-refractivity contribution in [3.63, 3.8) is 0 Å². The minimum Gasteiger partial charge on any atom is -0.354 e. The zero-order valence-electron chi connectivity index (χ0n) is 17.4. The Kier molecular flexibility index (Phi) is 7.71. The van der Waals surface area contributed by atoms with E-state index in [-0.39, 0.29) is 12.5 Å². The minimum absolute atomic E-state index is 0.0295. The lowest BCUT2D eigenvalue weighted by Crippen LogP contribution is -2.52. The van der Waals surface area contributed by atoms with Crippen LogP contribution in [0.5, 0.6) is 0 Å². The molecule has 1 aromatic rings. The highest BCUT2D eigenvalue weighted by atomic mass is 16.2. The van der Waals surface area contributed by atoms with Crippen LogP contribution < -0.4 is 10.6 Å². The second-order valence-corrected chi connectivity index (χ2v) is 8.28. The van der Waals surface area contributed by atoms with Crippen molar-refractivity contribution in [1.29, 1.82) is 0 Å². The van der Waals surface area contributed by atoms with E-state index < -0.39 is 0 Å². The van der Waals surface area contributed by atoms with E-state index in [0.717, 1.165) is 32.0 Å². The number of hydrogen-bond donors (Lipinski definition) is 2. The lowest BCUT2D eigenvalue weighted by molar-refractivity contribution is -0.127. The molecule has 1 heterocycles. The summed E-state index contributed by atoms with van der Waals surface area (Å²) in [6, 6.07) is 11.5. The predicted octanol–water partition coefficient (Wildman–Crippen LogP) is 2.22. The van der Waals surface area contributed by atoms with E-state index in [0.29, 0.717) is 12.1 Å². The van der Waals surface area contributed by atoms with Crippen molar-refractivity contribution < 1.29 is 4.79 Å². The summed E-state index contributed by atoms with van der Waals surface area (Å²) in [5.74, 6) is 0.829. The van der Waals surface area contributed by atoms with Gasteiger partial charge in [-0.25, -0.2) is 4.99 Å². The largest absolute Gasteiger partial charge is 0.354 e. The molecule has 6 nitrogen and oxygen atoms in total. The van der Waals surface area contributed by atoms with Crippen LogP contribution in [-0.4, -0.2) is 67.5 Å². The number of aliphatic imine (C=N–C) groups is 1. The molecule has 1 aliphatic heterocycles. The van der Waals surface area contributed by atoms with E-state index in [1.54, 1.807) is 19.0 Å². The first-order valence-electron chi connectivity index (χ1n) is 10.6. The summed E-state index contributed by atoms with van der Waals surface area (Å²) in [4.78, 5) is 20.7. The third kappa shape index (κ3) is 6.51. The van der Waals surface area contributed by atoms with E-state index in [2.05, 4.69) is 50.9 Å². The molecular weight excluding hydrogens is 350 g/mol. The summed E-state index contributed by atoms with van der Waals surface area (Å²) in [5, 5.41) is 7.19. The molecular formula is C22H35N5O. The number of guanidine groups is 1. The molecule has 6 heteroatoms. The number of likely N-dealkylation sites (N-methyl/N-ethyl adjacent to an activating group) is 1. The molecule has 1 aliphatic carbocycles.